The number of fused-ring (bicyclic) bond motifs is 1. The van der Waals surface area contributed by atoms with Gasteiger partial charge < -0.3 is 9.57 Å². The van der Waals surface area contributed by atoms with E-state index in [0.29, 0.717) is 27.2 Å². The lowest BCUT2D eigenvalue weighted by Crippen LogP contribution is -2.33. The van der Waals surface area contributed by atoms with E-state index in [-0.39, 0.29) is 5.65 Å². The average molecular weight is 402 g/mol. The van der Waals surface area contributed by atoms with Crippen LogP contribution in [0.2, 0.25) is 0 Å². The SMILES string of the molecule is COc1cccc(-c2ccn(-c3ccnc4c3ccn4OC(=O)C(F)(F)F)n2)c1. The maximum absolute atomic E-state index is 12.5. The van der Waals surface area contributed by atoms with Gasteiger partial charge in [-0.2, -0.15) is 23.0 Å². The maximum Gasteiger partial charge on any atom is 0.493 e. The van der Waals surface area contributed by atoms with Crippen molar-refractivity contribution in [1.82, 2.24) is 19.5 Å². The number of pyridine rings is 1. The van der Waals surface area contributed by atoms with E-state index < -0.39 is 12.1 Å². The first-order valence-corrected chi connectivity index (χ1v) is 8.33. The lowest BCUT2D eigenvalue weighted by atomic mass is 10.1. The predicted molar refractivity (Wildman–Crippen MR) is 96.5 cm³/mol. The van der Waals surface area contributed by atoms with Crippen molar-refractivity contribution in [3.63, 3.8) is 0 Å². The Labute approximate surface area is 161 Å². The van der Waals surface area contributed by atoms with Crippen molar-refractivity contribution in [1.29, 1.82) is 0 Å². The van der Waals surface area contributed by atoms with Crippen molar-refractivity contribution in [2.45, 2.75) is 6.18 Å². The summed E-state index contributed by atoms with van der Waals surface area (Å²) in [5.74, 6) is -1.64. The minimum absolute atomic E-state index is 0.0542. The lowest BCUT2D eigenvalue weighted by Gasteiger charge is -2.08. The maximum atomic E-state index is 12.5. The van der Waals surface area contributed by atoms with E-state index in [2.05, 4.69) is 14.9 Å². The summed E-state index contributed by atoms with van der Waals surface area (Å²) < 4.78 is 44.9. The van der Waals surface area contributed by atoms with Crippen molar-refractivity contribution >= 4 is 17.0 Å². The van der Waals surface area contributed by atoms with Crippen molar-refractivity contribution in [2.75, 3.05) is 7.11 Å². The summed E-state index contributed by atoms with van der Waals surface area (Å²) in [5.41, 5.74) is 2.13. The first kappa shape index (κ1) is 18.5. The number of ether oxygens (including phenoxy) is 1. The number of aromatic nitrogens is 4. The van der Waals surface area contributed by atoms with E-state index in [0.717, 1.165) is 5.56 Å². The van der Waals surface area contributed by atoms with Crippen molar-refractivity contribution in [2.24, 2.45) is 0 Å². The monoisotopic (exact) mass is 402 g/mol. The van der Waals surface area contributed by atoms with Gasteiger partial charge in [-0.05, 0) is 30.3 Å². The Morgan fingerprint density at radius 3 is 2.69 bits per heavy atom. The van der Waals surface area contributed by atoms with Crippen LogP contribution >= 0.6 is 0 Å². The van der Waals surface area contributed by atoms with Gasteiger partial charge in [-0.1, -0.05) is 12.1 Å². The molecule has 0 unspecified atom stereocenters. The standard InChI is InChI=1S/C19H13F3N4O3/c1-28-13-4-2-3-12(11-13)15-7-9-25(24-15)16-5-8-23-17-14(16)6-10-26(17)29-18(27)19(20,21)22/h2-11H,1H3. The molecule has 0 aliphatic heterocycles. The van der Waals surface area contributed by atoms with Gasteiger partial charge in [-0.3, -0.25) is 0 Å². The summed E-state index contributed by atoms with van der Waals surface area (Å²) in [5, 5.41) is 4.98. The Balaban J connectivity index is 1.70. The first-order valence-electron chi connectivity index (χ1n) is 8.33. The lowest BCUT2D eigenvalue weighted by molar-refractivity contribution is -0.199. The van der Waals surface area contributed by atoms with Crippen LogP contribution in [0.1, 0.15) is 0 Å². The summed E-state index contributed by atoms with van der Waals surface area (Å²) in [6.45, 7) is 0. The topological polar surface area (TPSA) is 71.2 Å². The third kappa shape index (κ3) is 3.51. The molecule has 0 spiro atoms. The highest BCUT2D eigenvalue weighted by Gasteiger charge is 2.42. The zero-order chi connectivity index (χ0) is 20.6. The molecule has 0 saturated carbocycles. The molecule has 3 aromatic heterocycles. The fourth-order valence-corrected chi connectivity index (χ4v) is 2.81. The molecule has 0 bridgehead atoms. The van der Waals surface area contributed by atoms with E-state index in [1.807, 2.05) is 24.3 Å². The van der Waals surface area contributed by atoms with Crippen LogP contribution in [-0.4, -0.2) is 38.8 Å². The van der Waals surface area contributed by atoms with Crippen molar-refractivity contribution < 1.29 is 27.5 Å². The molecule has 0 atom stereocenters. The quantitative estimate of drug-likeness (QED) is 0.523. The van der Waals surface area contributed by atoms with Crippen LogP contribution in [0.15, 0.2) is 61.1 Å². The number of carbonyl (C=O) groups is 1. The molecular formula is C19H13F3N4O3. The van der Waals surface area contributed by atoms with Gasteiger partial charge in [0.15, 0.2) is 5.65 Å². The molecule has 0 N–H and O–H groups in total. The second-order valence-electron chi connectivity index (χ2n) is 5.96. The smallest absolute Gasteiger partial charge is 0.493 e. The molecule has 4 aromatic rings. The highest BCUT2D eigenvalue weighted by molar-refractivity contribution is 5.86. The van der Waals surface area contributed by atoms with Gasteiger partial charge in [0.2, 0.25) is 0 Å². The van der Waals surface area contributed by atoms with Gasteiger partial charge >= 0.3 is 12.1 Å². The average Bonchev–Trinajstić information content (AvgIpc) is 3.35. The molecule has 10 heteroatoms. The summed E-state index contributed by atoms with van der Waals surface area (Å²) in [6.07, 6.45) is -0.815. The van der Waals surface area contributed by atoms with Gasteiger partial charge in [0.1, 0.15) is 5.75 Å². The van der Waals surface area contributed by atoms with Crippen LogP contribution in [0.3, 0.4) is 0 Å². The van der Waals surface area contributed by atoms with Gasteiger partial charge in [0.05, 0.1) is 18.5 Å². The summed E-state index contributed by atoms with van der Waals surface area (Å²) >= 11 is 0. The van der Waals surface area contributed by atoms with Crippen molar-refractivity contribution in [3.8, 4) is 22.7 Å². The molecule has 0 saturated heterocycles. The van der Waals surface area contributed by atoms with Crippen LogP contribution in [0.5, 0.6) is 5.75 Å². The Hall–Kier alpha value is -3.82. The van der Waals surface area contributed by atoms with Crippen molar-refractivity contribution in [3.05, 3.63) is 61.1 Å². The number of halogens is 3. The largest absolute Gasteiger partial charge is 0.497 e. The van der Waals surface area contributed by atoms with E-state index >= 15 is 0 Å². The third-order valence-corrected chi connectivity index (χ3v) is 4.15. The fourth-order valence-electron chi connectivity index (χ4n) is 2.81. The number of methoxy groups -OCH3 is 1. The summed E-state index contributed by atoms with van der Waals surface area (Å²) in [7, 11) is 1.57. The van der Waals surface area contributed by atoms with E-state index in [1.165, 1.54) is 18.5 Å². The molecule has 0 amide bonds. The van der Waals surface area contributed by atoms with E-state index in [4.69, 9.17) is 4.74 Å². The molecule has 148 valence electrons. The normalized spacial score (nSPS) is 11.6. The van der Waals surface area contributed by atoms with E-state index in [9.17, 15) is 18.0 Å². The van der Waals surface area contributed by atoms with Crippen LogP contribution < -0.4 is 9.57 Å². The molecular weight excluding hydrogens is 389 g/mol. The molecule has 4 rings (SSSR count). The molecule has 0 aliphatic carbocycles. The molecule has 0 fully saturated rings. The number of rotatable bonds is 4. The second-order valence-corrected chi connectivity index (χ2v) is 5.96. The minimum Gasteiger partial charge on any atom is -0.497 e. The number of carbonyl (C=O) groups excluding carboxylic acids is 1. The van der Waals surface area contributed by atoms with E-state index in [1.54, 1.807) is 30.1 Å². The zero-order valence-corrected chi connectivity index (χ0v) is 14.9. The van der Waals surface area contributed by atoms with Crippen LogP contribution in [-0.2, 0) is 4.79 Å². The fraction of sp³-hybridized carbons (Fsp3) is 0.105. The Bertz CT molecular complexity index is 1200. The predicted octanol–water partition coefficient (Wildman–Crippen LogP) is 3.42. The second kappa shape index (κ2) is 6.97. The zero-order valence-electron chi connectivity index (χ0n) is 14.9. The molecule has 7 nitrogen and oxygen atoms in total. The molecule has 0 radical (unpaired) electrons. The van der Waals surface area contributed by atoms with Gasteiger partial charge in [-0.25, -0.2) is 14.5 Å². The molecule has 29 heavy (non-hydrogen) atoms. The Morgan fingerprint density at radius 2 is 1.93 bits per heavy atom. The van der Waals surface area contributed by atoms with Crippen LogP contribution in [0.4, 0.5) is 13.2 Å². The van der Waals surface area contributed by atoms with Gasteiger partial charge in [0.25, 0.3) is 0 Å². The minimum atomic E-state index is -5.11. The summed E-state index contributed by atoms with van der Waals surface area (Å²) in [4.78, 5) is 19.5. The van der Waals surface area contributed by atoms with Gasteiger partial charge in [-0.15, -0.1) is 0 Å². The Morgan fingerprint density at radius 1 is 1.10 bits per heavy atom. The van der Waals surface area contributed by atoms with Crippen LogP contribution in [0.25, 0.3) is 28.0 Å². The number of nitrogens with zero attached hydrogens (tertiary/aromatic N) is 4. The third-order valence-electron chi connectivity index (χ3n) is 4.15. The Kier molecular flexibility index (Phi) is 4.45. The summed E-state index contributed by atoms with van der Waals surface area (Å²) in [6, 6.07) is 12.3. The number of hydrogen-bond donors (Lipinski definition) is 0. The number of benzene rings is 1. The molecule has 1 aromatic carbocycles. The van der Waals surface area contributed by atoms with Gasteiger partial charge in [0, 0.05) is 29.5 Å². The highest BCUT2D eigenvalue weighted by Crippen LogP contribution is 2.26. The molecule has 3 heterocycles. The molecule has 0 aliphatic rings. The number of alkyl halides is 3. The van der Waals surface area contributed by atoms with Crippen LogP contribution in [0, 0.1) is 0 Å². The number of hydrogen-bond acceptors (Lipinski definition) is 5. The highest BCUT2D eigenvalue weighted by atomic mass is 19.4. The first-order chi connectivity index (χ1) is 13.9.